The predicted molar refractivity (Wildman–Crippen MR) is 114 cm³/mol. The van der Waals surface area contributed by atoms with Crippen molar-refractivity contribution in [1.82, 2.24) is 15.3 Å². The van der Waals surface area contributed by atoms with Crippen LogP contribution < -0.4 is 10.9 Å². The third-order valence-electron chi connectivity index (χ3n) is 5.45. The van der Waals surface area contributed by atoms with E-state index in [0.29, 0.717) is 17.1 Å². The number of carbonyl (C=O) groups excluding carboxylic acids is 1. The molecule has 1 fully saturated rings. The summed E-state index contributed by atoms with van der Waals surface area (Å²) in [5.74, 6) is 0.559. The van der Waals surface area contributed by atoms with Crippen LogP contribution in [0.15, 0.2) is 9.95 Å². The van der Waals surface area contributed by atoms with Crippen LogP contribution >= 0.6 is 23.1 Å². The molecule has 2 aromatic heterocycles. The van der Waals surface area contributed by atoms with E-state index in [1.54, 1.807) is 11.3 Å². The van der Waals surface area contributed by atoms with E-state index in [0.717, 1.165) is 46.3 Å². The molecule has 1 amide bonds. The Morgan fingerprint density at radius 3 is 2.74 bits per heavy atom. The Kier molecular flexibility index (Phi) is 6.63. The molecule has 0 aliphatic heterocycles. The van der Waals surface area contributed by atoms with Gasteiger partial charge in [-0.3, -0.25) is 9.59 Å². The first-order chi connectivity index (χ1) is 12.9. The van der Waals surface area contributed by atoms with Crippen molar-refractivity contribution in [3.63, 3.8) is 0 Å². The van der Waals surface area contributed by atoms with Gasteiger partial charge in [0.1, 0.15) is 4.83 Å². The molecular formula is C20H29N3O2S2. The molecule has 148 valence electrons. The van der Waals surface area contributed by atoms with Gasteiger partial charge in [0, 0.05) is 10.9 Å². The Labute approximate surface area is 168 Å². The van der Waals surface area contributed by atoms with Crippen LogP contribution in [0.25, 0.3) is 10.2 Å². The van der Waals surface area contributed by atoms with Crippen LogP contribution in [0.1, 0.15) is 63.3 Å². The van der Waals surface area contributed by atoms with Gasteiger partial charge in [-0.1, -0.05) is 44.9 Å². The van der Waals surface area contributed by atoms with Crippen LogP contribution in [-0.4, -0.2) is 27.2 Å². The average molecular weight is 408 g/mol. The highest BCUT2D eigenvalue weighted by Gasteiger charge is 2.23. The number of fused-ring (bicyclic) bond motifs is 1. The van der Waals surface area contributed by atoms with E-state index in [9.17, 15) is 9.59 Å². The number of thiophene rings is 1. The van der Waals surface area contributed by atoms with Crippen LogP contribution in [-0.2, 0) is 11.2 Å². The van der Waals surface area contributed by atoms with Crippen molar-refractivity contribution < 1.29 is 4.79 Å². The molecule has 2 heterocycles. The number of aryl methyl sites for hydroxylation is 1. The maximum absolute atomic E-state index is 12.7. The second kappa shape index (κ2) is 8.78. The monoisotopic (exact) mass is 407 g/mol. The molecule has 0 saturated heterocycles. The second-order valence-electron chi connectivity index (χ2n) is 7.66. The second-order valence-corrected chi connectivity index (χ2v) is 10.2. The molecule has 0 spiro atoms. The van der Waals surface area contributed by atoms with E-state index in [-0.39, 0.29) is 16.7 Å². The van der Waals surface area contributed by atoms with Crippen molar-refractivity contribution in [2.24, 2.45) is 5.92 Å². The number of hydrogen-bond acceptors (Lipinski definition) is 5. The highest BCUT2D eigenvalue weighted by Crippen LogP contribution is 2.31. The molecule has 2 aromatic rings. The zero-order valence-electron chi connectivity index (χ0n) is 16.6. The summed E-state index contributed by atoms with van der Waals surface area (Å²) in [6.45, 7) is 8.31. The van der Waals surface area contributed by atoms with Crippen LogP contribution in [0.3, 0.4) is 0 Å². The highest BCUT2D eigenvalue weighted by atomic mass is 32.2. The van der Waals surface area contributed by atoms with Crippen LogP contribution in [0.5, 0.6) is 0 Å². The lowest BCUT2D eigenvalue weighted by Gasteiger charge is -2.15. The fraction of sp³-hybridized carbons (Fsp3) is 0.650. The summed E-state index contributed by atoms with van der Waals surface area (Å²) in [6.07, 6.45) is 6.50. The lowest BCUT2D eigenvalue weighted by atomic mass is 9.98. The number of aromatic amines is 1. The minimum absolute atomic E-state index is 0.0227. The molecule has 7 heteroatoms. The van der Waals surface area contributed by atoms with E-state index in [4.69, 9.17) is 0 Å². The summed E-state index contributed by atoms with van der Waals surface area (Å²) in [7, 11) is 0. The number of H-pyrrole nitrogens is 1. The average Bonchev–Trinajstić information content (AvgIpc) is 3.23. The standard InChI is InChI=1S/C20H29N3O2S2/c1-5-11(2)10-15-12(3)26-19-16(15)18(25)22-20(23-19)27-13(4)17(24)21-14-8-6-7-9-14/h11,13-14H,5-10H2,1-4H3,(H,21,24)(H,22,23,25). The first-order valence-corrected chi connectivity index (χ1v) is 11.6. The SMILES string of the molecule is CCC(C)Cc1c(C)sc2nc(SC(C)C(=O)NC3CCCC3)[nH]c(=O)c12. The number of hydrogen-bond donors (Lipinski definition) is 2. The highest BCUT2D eigenvalue weighted by molar-refractivity contribution is 8.00. The zero-order valence-corrected chi connectivity index (χ0v) is 18.2. The molecular weight excluding hydrogens is 378 g/mol. The first-order valence-electron chi connectivity index (χ1n) is 9.88. The number of nitrogens with one attached hydrogen (secondary N) is 2. The molecule has 2 N–H and O–H groups in total. The number of rotatable bonds is 7. The lowest BCUT2D eigenvalue weighted by molar-refractivity contribution is -0.120. The van der Waals surface area contributed by atoms with Crippen molar-refractivity contribution in [3.05, 3.63) is 20.8 Å². The Morgan fingerprint density at radius 1 is 1.37 bits per heavy atom. The van der Waals surface area contributed by atoms with Crippen molar-refractivity contribution >= 4 is 39.2 Å². The van der Waals surface area contributed by atoms with Gasteiger partial charge in [-0.2, -0.15) is 0 Å². The van der Waals surface area contributed by atoms with E-state index >= 15 is 0 Å². The number of amides is 1. The largest absolute Gasteiger partial charge is 0.352 e. The Bertz CT molecular complexity index is 868. The van der Waals surface area contributed by atoms with Crippen molar-refractivity contribution in [3.8, 4) is 0 Å². The fourth-order valence-corrected chi connectivity index (χ4v) is 5.48. The quantitative estimate of drug-likeness (QED) is 0.526. The summed E-state index contributed by atoms with van der Waals surface area (Å²) in [6, 6.07) is 0.304. The van der Waals surface area contributed by atoms with Crippen molar-refractivity contribution in [1.29, 1.82) is 0 Å². The number of carbonyl (C=O) groups is 1. The van der Waals surface area contributed by atoms with Crippen LogP contribution in [0.4, 0.5) is 0 Å². The Balaban J connectivity index is 1.77. The smallest absolute Gasteiger partial charge is 0.260 e. The lowest BCUT2D eigenvalue weighted by Crippen LogP contribution is -2.37. The maximum atomic E-state index is 12.7. The van der Waals surface area contributed by atoms with Crippen molar-refractivity contribution in [2.75, 3.05) is 0 Å². The first kappa shape index (κ1) is 20.4. The molecule has 1 aliphatic rings. The molecule has 2 unspecified atom stereocenters. The van der Waals surface area contributed by atoms with E-state index in [2.05, 4.69) is 36.1 Å². The topological polar surface area (TPSA) is 74.8 Å². The third-order valence-corrected chi connectivity index (χ3v) is 7.48. The zero-order chi connectivity index (χ0) is 19.6. The molecule has 2 atom stereocenters. The summed E-state index contributed by atoms with van der Waals surface area (Å²) >= 11 is 2.90. The molecule has 1 aliphatic carbocycles. The molecule has 1 saturated carbocycles. The van der Waals surface area contributed by atoms with Gasteiger partial charge in [-0.25, -0.2) is 4.98 Å². The molecule has 0 radical (unpaired) electrons. The number of nitrogens with zero attached hydrogens (tertiary/aromatic N) is 1. The molecule has 0 aromatic carbocycles. The molecule has 5 nitrogen and oxygen atoms in total. The van der Waals surface area contributed by atoms with Gasteiger partial charge < -0.3 is 10.3 Å². The number of aromatic nitrogens is 2. The summed E-state index contributed by atoms with van der Waals surface area (Å²) in [5.41, 5.74) is 1.04. The fourth-order valence-electron chi connectivity index (χ4n) is 3.56. The van der Waals surface area contributed by atoms with Gasteiger partial charge in [-0.15, -0.1) is 11.3 Å². The van der Waals surface area contributed by atoms with Crippen molar-refractivity contribution in [2.45, 2.75) is 82.7 Å². The van der Waals surface area contributed by atoms with E-state index < -0.39 is 0 Å². The van der Waals surface area contributed by atoms with Gasteiger partial charge >= 0.3 is 0 Å². The summed E-state index contributed by atoms with van der Waals surface area (Å²) in [4.78, 5) is 34.6. The molecule has 3 rings (SSSR count). The van der Waals surface area contributed by atoms with E-state index in [1.165, 1.54) is 24.6 Å². The maximum Gasteiger partial charge on any atom is 0.260 e. The normalized spacial score (nSPS) is 17.3. The van der Waals surface area contributed by atoms with Gasteiger partial charge in [-0.05, 0) is 44.6 Å². The predicted octanol–water partition coefficient (Wildman–Crippen LogP) is 4.42. The van der Waals surface area contributed by atoms with Gasteiger partial charge in [0.05, 0.1) is 10.6 Å². The van der Waals surface area contributed by atoms with Gasteiger partial charge in [0.25, 0.3) is 5.56 Å². The summed E-state index contributed by atoms with van der Waals surface area (Å²) < 4.78 is 0. The minimum atomic E-state index is -0.285. The number of thioether (sulfide) groups is 1. The van der Waals surface area contributed by atoms with Gasteiger partial charge in [0.15, 0.2) is 5.16 Å². The summed E-state index contributed by atoms with van der Waals surface area (Å²) in [5, 5.41) is 4.08. The van der Waals surface area contributed by atoms with E-state index in [1.807, 2.05) is 6.92 Å². The Morgan fingerprint density at radius 2 is 2.07 bits per heavy atom. The molecule has 27 heavy (non-hydrogen) atoms. The van der Waals surface area contributed by atoms with Crippen LogP contribution in [0.2, 0.25) is 0 Å². The third kappa shape index (κ3) is 4.74. The molecule has 0 bridgehead atoms. The van der Waals surface area contributed by atoms with Gasteiger partial charge in [0.2, 0.25) is 5.91 Å². The van der Waals surface area contributed by atoms with Crippen LogP contribution in [0, 0.1) is 12.8 Å². The Hall–Kier alpha value is -1.34. The minimum Gasteiger partial charge on any atom is -0.352 e.